The van der Waals surface area contributed by atoms with E-state index in [1.807, 2.05) is 26.0 Å². The quantitative estimate of drug-likeness (QED) is 0.736. The first-order valence-electron chi connectivity index (χ1n) is 7.18. The van der Waals surface area contributed by atoms with Crippen LogP contribution in [-0.2, 0) is 9.59 Å². The minimum atomic E-state index is -0.934. The topological polar surface area (TPSA) is 78.4 Å². The third kappa shape index (κ3) is 4.04. The largest absolute Gasteiger partial charge is 0.388 e. The highest BCUT2D eigenvalue weighted by molar-refractivity contribution is 6.39. The van der Waals surface area contributed by atoms with Gasteiger partial charge < -0.3 is 15.7 Å². The summed E-state index contributed by atoms with van der Waals surface area (Å²) in [5, 5.41) is 15.1. The Morgan fingerprint density at radius 2 is 1.90 bits per heavy atom. The summed E-state index contributed by atoms with van der Waals surface area (Å²) in [6.07, 6.45) is 1.94. The van der Waals surface area contributed by atoms with Crippen molar-refractivity contribution in [3.05, 3.63) is 29.3 Å². The number of hydrogen-bond donors (Lipinski definition) is 3. The van der Waals surface area contributed by atoms with Crippen LogP contribution in [0.2, 0.25) is 0 Å². The van der Waals surface area contributed by atoms with Crippen LogP contribution in [-0.4, -0.2) is 29.1 Å². The highest BCUT2D eigenvalue weighted by atomic mass is 16.3. The first-order chi connectivity index (χ1) is 9.79. The molecule has 1 saturated carbocycles. The Morgan fingerprint density at radius 1 is 1.24 bits per heavy atom. The summed E-state index contributed by atoms with van der Waals surface area (Å²) >= 11 is 0. The summed E-state index contributed by atoms with van der Waals surface area (Å²) in [7, 11) is 0. The fourth-order valence-electron chi connectivity index (χ4n) is 2.20. The Hall–Kier alpha value is -1.88. The molecule has 0 aliphatic heterocycles. The van der Waals surface area contributed by atoms with Gasteiger partial charge in [-0.3, -0.25) is 9.59 Å². The van der Waals surface area contributed by atoms with E-state index in [2.05, 4.69) is 10.6 Å². The predicted molar refractivity (Wildman–Crippen MR) is 80.9 cm³/mol. The molecule has 1 aliphatic rings. The van der Waals surface area contributed by atoms with Gasteiger partial charge in [0.1, 0.15) is 0 Å². The zero-order valence-corrected chi connectivity index (χ0v) is 12.7. The van der Waals surface area contributed by atoms with Crippen LogP contribution in [0.25, 0.3) is 0 Å². The van der Waals surface area contributed by atoms with Gasteiger partial charge in [0.15, 0.2) is 0 Å². The smallest absolute Gasteiger partial charge is 0.313 e. The van der Waals surface area contributed by atoms with Crippen LogP contribution < -0.4 is 10.6 Å². The normalized spacial score (nSPS) is 17.0. The standard InChI is InChI=1S/C16H22N2O3/c1-10-4-7-13(8-11(10)2)18-15(20)14(19)17-9-16(3,21)12-5-6-12/h4,7-8,12,21H,5-6,9H2,1-3H3,(H,17,19)(H,18,20)/t16-/m0/s1. The first kappa shape index (κ1) is 15.5. The zero-order chi connectivity index (χ0) is 15.6. The highest BCUT2D eigenvalue weighted by Crippen LogP contribution is 2.38. The molecule has 0 bridgehead atoms. The van der Waals surface area contributed by atoms with E-state index in [1.54, 1.807) is 13.0 Å². The molecule has 2 amide bonds. The summed E-state index contributed by atoms with van der Waals surface area (Å²) in [5.74, 6) is -1.22. The Labute approximate surface area is 124 Å². The van der Waals surface area contributed by atoms with Crippen molar-refractivity contribution in [2.45, 2.75) is 39.2 Å². The minimum Gasteiger partial charge on any atom is -0.388 e. The third-order valence-corrected chi connectivity index (χ3v) is 4.03. The number of aryl methyl sites for hydroxylation is 2. The van der Waals surface area contributed by atoms with E-state index in [-0.39, 0.29) is 12.5 Å². The van der Waals surface area contributed by atoms with Crippen LogP contribution in [0.4, 0.5) is 5.69 Å². The van der Waals surface area contributed by atoms with Gasteiger partial charge in [-0.2, -0.15) is 0 Å². The van der Waals surface area contributed by atoms with Gasteiger partial charge >= 0.3 is 11.8 Å². The van der Waals surface area contributed by atoms with Gasteiger partial charge in [0.2, 0.25) is 0 Å². The second-order valence-corrected chi connectivity index (χ2v) is 6.07. The molecule has 0 aromatic heterocycles. The highest BCUT2D eigenvalue weighted by Gasteiger charge is 2.40. The zero-order valence-electron chi connectivity index (χ0n) is 12.7. The van der Waals surface area contributed by atoms with Crippen LogP contribution in [0.5, 0.6) is 0 Å². The van der Waals surface area contributed by atoms with Gasteiger partial charge in [0.25, 0.3) is 0 Å². The van der Waals surface area contributed by atoms with E-state index in [4.69, 9.17) is 0 Å². The molecule has 1 atom stereocenters. The monoisotopic (exact) mass is 290 g/mol. The molecule has 1 fully saturated rings. The summed E-state index contributed by atoms with van der Waals surface area (Å²) < 4.78 is 0. The first-order valence-corrected chi connectivity index (χ1v) is 7.18. The molecule has 1 aromatic rings. The summed E-state index contributed by atoms with van der Waals surface area (Å²) in [6, 6.07) is 5.47. The Kier molecular flexibility index (Phi) is 4.32. The van der Waals surface area contributed by atoms with E-state index < -0.39 is 17.4 Å². The number of anilines is 1. The van der Waals surface area contributed by atoms with Crippen LogP contribution in [0.3, 0.4) is 0 Å². The maximum Gasteiger partial charge on any atom is 0.313 e. The minimum absolute atomic E-state index is 0.0941. The number of benzene rings is 1. The third-order valence-electron chi connectivity index (χ3n) is 4.03. The molecule has 114 valence electrons. The lowest BCUT2D eigenvalue weighted by molar-refractivity contribution is -0.136. The Morgan fingerprint density at radius 3 is 2.48 bits per heavy atom. The van der Waals surface area contributed by atoms with Crippen LogP contribution in [0.15, 0.2) is 18.2 Å². The van der Waals surface area contributed by atoms with Crippen molar-refractivity contribution in [1.29, 1.82) is 0 Å². The van der Waals surface area contributed by atoms with Crippen LogP contribution in [0.1, 0.15) is 30.9 Å². The van der Waals surface area contributed by atoms with E-state index in [9.17, 15) is 14.7 Å². The number of carbonyl (C=O) groups is 2. The number of amides is 2. The maximum atomic E-state index is 11.8. The molecule has 0 spiro atoms. The van der Waals surface area contributed by atoms with Gasteiger partial charge in [-0.25, -0.2) is 0 Å². The fourth-order valence-corrected chi connectivity index (χ4v) is 2.20. The van der Waals surface area contributed by atoms with Gasteiger partial charge in [0.05, 0.1) is 5.60 Å². The molecule has 0 saturated heterocycles. The lowest BCUT2D eigenvalue weighted by Gasteiger charge is -2.22. The molecule has 1 aromatic carbocycles. The van der Waals surface area contributed by atoms with Crippen molar-refractivity contribution in [3.63, 3.8) is 0 Å². The average Bonchev–Trinajstić information content (AvgIpc) is 3.25. The summed E-state index contributed by atoms with van der Waals surface area (Å²) in [5.41, 5.74) is 1.83. The lowest BCUT2D eigenvalue weighted by Crippen LogP contribution is -2.45. The molecule has 3 N–H and O–H groups in total. The number of carbonyl (C=O) groups excluding carboxylic acids is 2. The molecule has 2 rings (SSSR count). The molecule has 0 unspecified atom stereocenters. The number of rotatable bonds is 4. The molecule has 0 heterocycles. The van der Waals surface area contributed by atoms with Crippen LogP contribution >= 0.6 is 0 Å². The van der Waals surface area contributed by atoms with Gasteiger partial charge in [-0.05, 0) is 62.8 Å². The van der Waals surface area contributed by atoms with Crippen molar-refractivity contribution >= 4 is 17.5 Å². The average molecular weight is 290 g/mol. The second kappa shape index (κ2) is 5.85. The number of aliphatic hydroxyl groups is 1. The maximum absolute atomic E-state index is 11.8. The summed E-state index contributed by atoms with van der Waals surface area (Å²) in [6.45, 7) is 5.70. The molecule has 21 heavy (non-hydrogen) atoms. The van der Waals surface area contributed by atoms with Crippen molar-refractivity contribution in [1.82, 2.24) is 5.32 Å². The lowest BCUT2D eigenvalue weighted by atomic mass is 10.0. The van der Waals surface area contributed by atoms with Gasteiger partial charge in [-0.1, -0.05) is 6.07 Å². The molecular formula is C16H22N2O3. The fraction of sp³-hybridized carbons (Fsp3) is 0.500. The van der Waals surface area contributed by atoms with Gasteiger partial charge in [-0.15, -0.1) is 0 Å². The number of hydrogen-bond acceptors (Lipinski definition) is 3. The van der Waals surface area contributed by atoms with E-state index in [0.717, 1.165) is 24.0 Å². The van der Waals surface area contributed by atoms with Crippen molar-refractivity contribution in [2.24, 2.45) is 5.92 Å². The molecular weight excluding hydrogens is 268 g/mol. The molecule has 5 heteroatoms. The SMILES string of the molecule is Cc1ccc(NC(=O)C(=O)NC[C@](C)(O)C2CC2)cc1C. The van der Waals surface area contributed by atoms with E-state index >= 15 is 0 Å². The Bertz CT molecular complexity index is 563. The van der Waals surface area contributed by atoms with E-state index in [0.29, 0.717) is 5.69 Å². The predicted octanol–water partition coefficient (Wildman–Crippen LogP) is 1.52. The summed E-state index contributed by atoms with van der Waals surface area (Å²) in [4.78, 5) is 23.6. The van der Waals surface area contributed by atoms with Crippen LogP contribution in [0, 0.1) is 19.8 Å². The van der Waals surface area contributed by atoms with Crippen molar-refractivity contribution in [2.75, 3.05) is 11.9 Å². The van der Waals surface area contributed by atoms with Crippen molar-refractivity contribution in [3.8, 4) is 0 Å². The van der Waals surface area contributed by atoms with Gasteiger partial charge in [0, 0.05) is 12.2 Å². The molecule has 5 nitrogen and oxygen atoms in total. The Balaban J connectivity index is 1.87. The van der Waals surface area contributed by atoms with E-state index in [1.165, 1.54) is 0 Å². The second-order valence-electron chi connectivity index (χ2n) is 6.07. The molecule has 0 radical (unpaired) electrons. The number of nitrogens with one attached hydrogen (secondary N) is 2. The molecule has 1 aliphatic carbocycles. The van der Waals surface area contributed by atoms with Crippen molar-refractivity contribution < 1.29 is 14.7 Å².